The highest BCUT2D eigenvalue weighted by atomic mass is 35.5. The predicted octanol–water partition coefficient (Wildman–Crippen LogP) is 2.14. The molecule has 1 aliphatic heterocycles. The molecular formula is C22H28ClFN3O9P. The van der Waals surface area contributed by atoms with Gasteiger partial charge in [0, 0.05) is 11.8 Å². The Kier molecular flexibility index (Phi) is 8.99. The Balaban J connectivity index is 1.82. The fourth-order valence-electron chi connectivity index (χ4n) is 3.37. The van der Waals surface area contributed by atoms with E-state index < -0.39 is 67.3 Å². The number of para-hydroxylation sites is 1. The van der Waals surface area contributed by atoms with Crippen LogP contribution in [0.3, 0.4) is 0 Å². The molecule has 0 radical (unpaired) electrons. The van der Waals surface area contributed by atoms with Crippen molar-refractivity contribution in [1.82, 2.24) is 14.6 Å². The third kappa shape index (κ3) is 6.86. The van der Waals surface area contributed by atoms with Gasteiger partial charge in [0.05, 0.1) is 12.7 Å². The number of nitrogens with one attached hydrogen (secondary N) is 2. The molecule has 0 aliphatic carbocycles. The Hall–Kier alpha value is -2.54. The number of nitrogens with zero attached hydrogens (tertiary/aromatic N) is 1. The van der Waals surface area contributed by atoms with Crippen molar-refractivity contribution in [2.75, 3.05) is 6.61 Å². The minimum absolute atomic E-state index is 0.0667. The van der Waals surface area contributed by atoms with E-state index in [0.29, 0.717) is 4.57 Å². The number of ether oxygens (including phenoxy) is 2. The van der Waals surface area contributed by atoms with Crippen molar-refractivity contribution in [3.63, 3.8) is 0 Å². The summed E-state index contributed by atoms with van der Waals surface area (Å²) in [5.41, 5.74) is -1.64. The molecule has 1 unspecified atom stereocenters. The second kappa shape index (κ2) is 11.5. The first-order valence-corrected chi connectivity index (χ1v) is 13.2. The van der Waals surface area contributed by atoms with E-state index in [2.05, 4.69) is 5.09 Å². The van der Waals surface area contributed by atoms with Crippen LogP contribution in [-0.4, -0.2) is 56.7 Å². The number of halogens is 2. The number of carbonyl (C=O) groups is 1. The van der Waals surface area contributed by atoms with Crippen molar-refractivity contribution in [2.24, 2.45) is 0 Å². The second-order valence-electron chi connectivity index (χ2n) is 8.66. The van der Waals surface area contributed by atoms with E-state index in [0.717, 1.165) is 6.20 Å². The van der Waals surface area contributed by atoms with Crippen LogP contribution in [0.1, 0.15) is 32.6 Å². The van der Waals surface area contributed by atoms with E-state index in [9.17, 15) is 24.1 Å². The van der Waals surface area contributed by atoms with Crippen LogP contribution in [0.2, 0.25) is 0 Å². The summed E-state index contributed by atoms with van der Waals surface area (Å²) in [5, 5.41) is 9.93. The Morgan fingerprint density at radius 1 is 1.32 bits per heavy atom. The summed E-state index contributed by atoms with van der Waals surface area (Å²) in [6.07, 6.45) is -4.84. The molecule has 0 amide bonds. The minimum Gasteiger partial charge on any atom is -0.462 e. The van der Waals surface area contributed by atoms with Gasteiger partial charge in [0.15, 0.2) is 6.23 Å². The van der Waals surface area contributed by atoms with Crippen LogP contribution >= 0.6 is 19.3 Å². The fourth-order valence-corrected chi connectivity index (χ4v) is 5.17. The number of benzene rings is 1. The van der Waals surface area contributed by atoms with Crippen LogP contribution in [-0.2, 0) is 23.4 Å². The molecule has 0 spiro atoms. The lowest BCUT2D eigenvalue weighted by molar-refractivity contribution is -0.149. The normalized spacial score (nSPS) is 26.0. The van der Waals surface area contributed by atoms with E-state index in [1.165, 1.54) is 26.0 Å². The maximum absolute atomic E-state index is 15.3. The van der Waals surface area contributed by atoms with Crippen LogP contribution in [0.15, 0.2) is 46.1 Å². The van der Waals surface area contributed by atoms with Crippen LogP contribution in [0, 0.1) is 6.92 Å². The average Bonchev–Trinajstić information content (AvgIpc) is 3.03. The van der Waals surface area contributed by atoms with Crippen LogP contribution in [0.25, 0.3) is 0 Å². The quantitative estimate of drug-likeness (QED) is 0.222. The molecule has 1 saturated heterocycles. The minimum atomic E-state index is -4.35. The van der Waals surface area contributed by atoms with Gasteiger partial charge in [-0.15, -0.1) is 0 Å². The van der Waals surface area contributed by atoms with Gasteiger partial charge < -0.3 is 19.1 Å². The van der Waals surface area contributed by atoms with Gasteiger partial charge in [0.1, 0.15) is 24.0 Å². The number of aromatic nitrogens is 2. The van der Waals surface area contributed by atoms with Gasteiger partial charge in [0.2, 0.25) is 0 Å². The first kappa shape index (κ1) is 29.0. The summed E-state index contributed by atoms with van der Waals surface area (Å²) in [5.74, 6) is -0.606. The molecule has 2 aromatic rings. The van der Waals surface area contributed by atoms with Gasteiger partial charge in [0.25, 0.3) is 10.7 Å². The first-order valence-electron chi connectivity index (χ1n) is 11.2. The largest absolute Gasteiger partial charge is 0.462 e. The van der Waals surface area contributed by atoms with Crippen LogP contribution in [0.5, 0.6) is 5.75 Å². The van der Waals surface area contributed by atoms with Crippen molar-refractivity contribution in [3.05, 3.63) is 62.9 Å². The monoisotopic (exact) mass is 563 g/mol. The maximum Gasteiger partial charge on any atom is 0.459 e. The molecule has 37 heavy (non-hydrogen) atoms. The SMILES string of the molecule is Cc1cn([C@@H]2O[C@H](COP(=O)(N[C@H](C)C(=O)OC(C)C)Oc3ccccc3)[C@@H](O)[C@@]2(F)Cl)c(=O)[nH]c1=O. The van der Waals surface area contributed by atoms with E-state index in [1.54, 1.807) is 32.0 Å². The van der Waals surface area contributed by atoms with Crippen molar-refractivity contribution >= 4 is 25.3 Å². The fraction of sp³-hybridized carbons (Fsp3) is 0.500. The Labute approximate surface area is 216 Å². The summed E-state index contributed by atoms with van der Waals surface area (Å²) in [6.45, 7) is 5.31. The standard InChI is InChI=1S/C22H28ClFN3O9P/c1-12(2)34-19(30)14(4)26-37(32,36-15-8-6-5-7-9-15)33-11-16-17(28)22(23,24)20(35-16)27-10-13(3)18(29)25-21(27)31/h5-10,12,14,16-17,20,28H,11H2,1-4H3,(H,26,32)(H,25,29,31)/t14-,16-,17-,20-,22+,37?/m1/s1. The highest BCUT2D eigenvalue weighted by molar-refractivity contribution is 7.52. The topological polar surface area (TPSA) is 158 Å². The lowest BCUT2D eigenvalue weighted by Crippen LogP contribution is -2.42. The molecule has 1 aliphatic rings. The molecule has 2 heterocycles. The highest BCUT2D eigenvalue weighted by Gasteiger charge is 2.58. The summed E-state index contributed by atoms with van der Waals surface area (Å²) < 4.78 is 51.1. The molecule has 1 aromatic heterocycles. The average molecular weight is 564 g/mol. The van der Waals surface area contributed by atoms with E-state index >= 15 is 4.39 Å². The summed E-state index contributed by atoms with van der Waals surface area (Å²) in [6, 6.07) is 6.75. The molecule has 6 atom stereocenters. The van der Waals surface area contributed by atoms with Crippen molar-refractivity contribution < 1.29 is 37.4 Å². The van der Waals surface area contributed by atoms with Crippen molar-refractivity contribution in [3.8, 4) is 5.75 Å². The maximum atomic E-state index is 15.3. The second-order valence-corrected chi connectivity index (χ2v) is 10.9. The Morgan fingerprint density at radius 3 is 2.59 bits per heavy atom. The number of rotatable bonds is 10. The first-order chi connectivity index (χ1) is 17.2. The molecule has 3 rings (SSSR count). The van der Waals surface area contributed by atoms with Gasteiger partial charge >= 0.3 is 19.4 Å². The number of esters is 1. The number of H-pyrrole nitrogens is 1. The van der Waals surface area contributed by atoms with Gasteiger partial charge in [-0.3, -0.25) is 23.7 Å². The number of hydrogen-bond acceptors (Lipinski definition) is 9. The van der Waals surface area contributed by atoms with Crippen molar-refractivity contribution in [1.29, 1.82) is 0 Å². The smallest absolute Gasteiger partial charge is 0.459 e. The number of aliphatic hydroxyl groups excluding tert-OH is 1. The molecule has 0 saturated carbocycles. The third-order valence-electron chi connectivity index (χ3n) is 5.21. The molecule has 15 heteroatoms. The number of aryl methyl sites for hydroxylation is 1. The van der Waals surface area contributed by atoms with Gasteiger partial charge in [-0.25, -0.2) is 13.8 Å². The van der Waals surface area contributed by atoms with Crippen LogP contribution < -0.4 is 20.9 Å². The van der Waals surface area contributed by atoms with Gasteiger partial charge in [-0.2, -0.15) is 5.09 Å². The number of hydrogen-bond donors (Lipinski definition) is 3. The Morgan fingerprint density at radius 2 is 1.97 bits per heavy atom. The highest BCUT2D eigenvalue weighted by Crippen LogP contribution is 2.48. The number of alkyl halides is 2. The number of aliphatic hydroxyl groups is 1. The van der Waals surface area contributed by atoms with Crippen LogP contribution in [0.4, 0.5) is 4.39 Å². The molecule has 1 fully saturated rings. The molecule has 1 aromatic carbocycles. The van der Waals surface area contributed by atoms with Gasteiger partial charge in [-0.05, 0) is 39.8 Å². The number of aromatic amines is 1. The lowest BCUT2D eigenvalue weighted by atomic mass is 10.1. The third-order valence-corrected chi connectivity index (χ3v) is 7.27. The lowest BCUT2D eigenvalue weighted by Gasteiger charge is -2.25. The molecule has 3 N–H and O–H groups in total. The molecule has 12 nitrogen and oxygen atoms in total. The zero-order chi connectivity index (χ0) is 27.5. The van der Waals surface area contributed by atoms with Crippen molar-refractivity contribution in [2.45, 2.75) is 63.4 Å². The van der Waals surface area contributed by atoms with E-state index in [1.807, 2.05) is 4.98 Å². The molecule has 0 bridgehead atoms. The Bertz CT molecular complexity index is 1270. The van der Waals surface area contributed by atoms with Gasteiger partial charge in [-0.1, -0.05) is 29.8 Å². The predicted molar refractivity (Wildman–Crippen MR) is 130 cm³/mol. The summed E-state index contributed by atoms with van der Waals surface area (Å²) in [7, 11) is -4.35. The van der Waals surface area contributed by atoms with E-state index in [4.69, 9.17) is 30.1 Å². The molecular weight excluding hydrogens is 536 g/mol. The summed E-state index contributed by atoms with van der Waals surface area (Å²) >= 11 is 5.91. The summed E-state index contributed by atoms with van der Waals surface area (Å²) in [4.78, 5) is 38.2. The zero-order valence-electron chi connectivity index (χ0n) is 20.4. The number of carbonyl (C=O) groups excluding carboxylic acids is 1. The van der Waals surface area contributed by atoms with E-state index in [-0.39, 0.29) is 11.3 Å². The molecule has 204 valence electrons. The zero-order valence-corrected chi connectivity index (χ0v) is 22.1.